The third kappa shape index (κ3) is 4.78. The molecule has 0 aliphatic heterocycles. The molecule has 4 N–H and O–H groups in total. The second-order valence-electron chi connectivity index (χ2n) is 4.12. The quantitative estimate of drug-likeness (QED) is 0.617. The van der Waals surface area contributed by atoms with Crippen molar-refractivity contribution < 1.29 is 14.7 Å². The molecule has 0 aliphatic carbocycles. The Balaban J connectivity index is 2.79. The lowest BCUT2D eigenvalue weighted by Gasteiger charge is -2.11. The van der Waals surface area contributed by atoms with Crippen LogP contribution < -0.4 is 11.1 Å². The Labute approximate surface area is 114 Å². The zero-order valence-electron chi connectivity index (χ0n) is 10.8. The number of hydrogen-bond donors (Lipinski definition) is 3. The number of rotatable bonds is 7. The highest BCUT2D eigenvalue weighted by Crippen LogP contribution is 2.20. The lowest BCUT2D eigenvalue weighted by molar-refractivity contribution is -0.133. The van der Waals surface area contributed by atoms with E-state index in [2.05, 4.69) is 15.5 Å². The van der Waals surface area contributed by atoms with Gasteiger partial charge in [-0.3, -0.25) is 4.79 Å². The number of nitrogens with one attached hydrogen (secondary N) is 1. The first-order chi connectivity index (χ1) is 8.91. The van der Waals surface area contributed by atoms with Crippen LogP contribution in [0.4, 0.5) is 4.79 Å². The topological polar surface area (TPSA) is 123 Å². The predicted molar refractivity (Wildman–Crippen MR) is 70.1 cm³/mol. The van der Waals surface area contributed by atoms with E-state index in [1.54, 1.807) is 4.57 Å². The summed E-state index contributed by atoms with van der Waals surface area (Å²) in [5, 5.41) is 19.7. The number of carbonyl (C=O) groups excluding carboxylic acids is 1. The first-order valence-electron chi connectivity index (χ1n) is 5.72. The molecule has 1 aromatic rings. The van der Waals surface area contributed by atoms with Gasteiger partial charge in [0, 0.05) is 19.0 Å². The number of aromatic nitrogens is 3. The smallest absolute Gasteiger partial charge is 0.313 e. The number of thioether (sulfide) groups is 1. The third-order valence-corrected chi connectivity index (χ3v) is 3.17. The van der Waals surface area contributed by atoms with Crippen LogP contribution in [0, 0.1) is 0 Å². The minimum atomic E-state index is -0.916. The summed E-state index contributed by atoms with van der Waals surface area (Å²) in [6, 6.07) is -0.598. The van der Waals surface area contributed by atoms with Crippen molar-refractivity contribution in [2.24, 2.45) is 5.73 Å². The number of hydrogen-bond acceptors (Lipinski definition) is 5. The van der Waals surface area contributed by atoms with Crippen LogP contribution in [0.1, 0.15) is 25.6 Å². The van der Waals surface area contributed by atoms with E-state index in [1.165, 1.54) is 0 Å². The molecule has 0 aromatic carbocycles. The van der Waals surface area contributed by atoms with Gasteiger partial charge in [-0.25, -0.2) is 4.79 Å². The summed E-state index contributed by atoms with van der Waals surface area (Å²) < 4.78 is 1.80. The van der Waals surface area contributed by atoms with Crippen LogP contribution in [0.15, 0.2) is 5.16 Å². The van der Waals surface area contributed by atoms with E-state index in [0.29, 0.717) is 18.2 Å². The van der Waals surface area contributed by atoms with Gasteiger partial charge in [-0.1, -0.05) is 25.6 Å². The molecule has 0 fully saturated rings. The summed E-state index contributed by atoms with van der Waals surface area (Å²) in [6.45, 7) is 4.72. The first-order valence-corrected chi connectivity index (χ1v) is 6.71. The van der Waals surface area contributed by atoms with Crippen molar-refractivity contribution in [1.82, 2.24) is 20.1 Å². The van der Waals surface area contributed by atoms with Crippen LogP contribution in [-0.4, -0.2) is 44.2 Å². The number of nitrogens with two attached hydrogens (primary N) is 1. The van der Waals surface area contributed by atoms with Crippen LogP contribution in [0.5, 0.6) is 0 Å². The largest absolute Gasteiger partial charge is 0.481 e. The van der Waals surface area contributed by atoms with E-state index in [0.717, 1.165) is 17.6 Å². The number of primary amides is 1. The van der Waals surface area contributed by atoms with Gasteiger partial charge in [0.25, 0.3) is 0 Å². The lowest BCUT2D eigenvalue weighted by atomic mass is 10.2. The molecule has 0 atom stereocenters. The molecule has 0 radical (unpaired) electrons. The standard InChI is InChI=1S/C10H17N5O3S/c1-6(2)8-13-14-10(19-5-7(16)17)15(8)4-3-12-9(11)18/h6H,3-5H2,1-2H3,(H,16,17)(H3,11,12,18). The summed E-state index contributed by atoms with van der Waals surface area (Å²) >= 11 is 1.10. The molecule has 1 rings (SSSR count). The maximum atomic E-state index is 10.6. The van der Waals surface area contributed by atoms with Crippen LogP contribution in [0.2, 0.25) is 0 Å². The van der Waals surface area contributed by atoms with Crippen LogP contribution in [0.3, 0.4) is 0 Å². The minimum Gasteiger partial charge on any atom is -0.481 e. The first kappa shape index (κ1) is 15.3. The van der Waals surface area contributed by atoms with Crippen molar-refractivity contribution in [2.75, 3.05) is 12.3 Å². The van der Waals surface area contributed by atoms with E-state index >= 15 is 0 Å². The Kier molecular flexibility index (Phi) is 5.61. The number of amides is 2. The van der Waals surface area contributed by atoms with Gasteiger partial charge in [-0.15, -0.1) is 10.2 Å². The normalized spacial score (nSPS) is 10.7. The molecule has 8 nitrogen and oxygen atoms in total. The Morgan fingerprint density at radius 1 is 1.47 bits per heavy atom. The lowest BCUT2D eigenvalue weighted by Crippen LogP contribution is -2.32. The molecule has 0 bridgehead atoms. The predicted octanol–water partition coefficient (Wildman–Crippen LogP) is 0.247. The van der Waals surface area contributed by atoms with Gasteiger partial charge in [-0.2, -0.15) is 0 Å². The number of urea groups is 1. The molecule has 2 amide bonds. The van der Waals surface area contributed by atoms with E-state index in [9.17, 15) is 9.59 Å². The summed E-state index contributed by atoms with van der Waals surface area (Å²) in [7, 11) is 0. The summed E-state index contributed by atoms with van der Waals surface area (Å²) in [5.74, 6) is -0.0974. The van der Waals surface area contributed by atoms with Gasteiger partial charge in [0.15, 0.2) is 5.16 Å². The van der Waals surface area contributed by atoms with Gasteiger partial charge < -0.3 is 20.7 Å². The summed E-state index contributed by atoms with van der Waals surface area (Å²) in [5.41, 5.74) is 4.99. The molecular formula is C10H17N5O3S. The molecule has 0 saturated carbocycles. The maximum Gasteiger partial charge on any atom is 0.313 e. The number of aliphatic carboxylic acids is 1. The van der Waals surface area contributed by atoms with Crippen molar-refractivity contribution in [2.45, 2.75) is 31.5 Å². The van der Waals surface area contributed by atoms with Crippen LogP contribution >= 0.6 is 11.8 Å². The second kappa shape index (κ2) is 6.98. The number of carboxylic acid groups (broad SMARTS) is 1. The molecule has 1 heterocycles. The van der Waals surface area contributed by atoms with Crippen molar-refractivity contribution in [3.8, 4) is 0 Å². The van der Waals surface area contributed by atoms with Gasteiger partial charge in [0.2, 0.25) is 0 Å². The highest BCUT2D eigenvalue weighted by molar-refractivity contribution is 7.99. The summed E-state index contributed by atoms with van der Waals surface area (Å²) in [4.78, 5) is 21.2. The van der Waals surface area contributed by atoms with E-state index in [1.807, 2.05) is 13.8 Å². The van der Waals surface area contributed by atoms with Gasteiger partial charge in [0.05, 0.1) is 5.75 Å². The molecule has 0 unspecified atom stereocenters. The van der Waals surface area contributed by atoms with Gasteiger partial charge in [0.1, 0.15) is 5.82 Å². The Morgan fingerprint density at radius 3 is 2.68 bits per heavy atom. The van der Waals surface area contributed by atoms with Gasteiger partial charge in [-0.05, 0) is 0 Å². The Hall–Kier alpha value is -1.77. The highest BCUT2D eigenvalue weighted by Gasteiger charge is 2.16. The van der Waals surface area contributed by atoms with Crippen molar-refractivity contribution >= 4 is 23.8 Å². The fourth-order valence-electron chi connectivity index (χ4n) is 1.46. The van der Waals surface area contributed by atoms with E-state index < -0.39 is 12.0 Å². The molecule has 19 heavy (non-hydrogen) atoms. The SMILES string of the molecule is CC(C)c1nnc(SCC(=O)O)n1CCNC(N)=O. The van der Waals surface area contributed by atoms with E-state index in [-0.39, 0.29) is 11.7 Å². The number of nitrogens with zero attached hydrogens (tertiary/aromatic N) is 3. The maximum absolute atomic E-state index is 10.6. The average Bonchev–Trinajstić information content (AvgIpc) is 2.69. The van der Waals surface area contributed by atoms with Crippen molar-refractivity contribution in [3.05, 3.63) is 5.82 Å². The molecular weight excluding hydrogens is 270 g/mol. The molecule has 0 spiro atoms. The second-order valence-corrected chi connectivity index (χ2v) is 5.06. The Bertz CT molecular complexity index is 460. The molecule has 106 valence electrons. The fourth-order valence-corrected chi connectivity index (χ4v) is 2.15. The van der Waals surface area contributed by atoms with Gasteiger partial charge >= 0.3 is 12.0 Å². The third-order valence-electron chi connectivity index (χ3n) is 2.22. The fraction of sp³-hybridized carbons (Fsp3) is 0.600. The number of carboxylic acids is 1. The Morgan fingerprint density at radius 2 is 2.16 bits per heavy atom. The molecule has 0 saturated heterocycles. The molecule has 1 aromatic heterocycles. The average molecular weight is 287 g/mol. The van der Waals surface area contributed by atoms with Crippen molar-refractivity contribution in [3.63, 3.8) is 0 Å². The molecule has 0 aliphatic rings. The van der Waals surface area contributed by atoms with Crippen LogP contribution in [-0.2, 0) is 11.3 Å². The highest BCUT2D eigenvalue weighted by atomic mass is 32.2. The monoisotopic (exact) mass is 287 g/mol. The van der Waals surface area contributed by atoms with E-state index in [4.69, 9.17) is 10.8 Å². The minimum absolute atomic E-state index is 0.0839. The zero-order chi connectivity index (χ0) is 14.4. The number of carbonyl (C=O) groups is 2. The molecule has 9 heteroatoms. The van der Waals surface area contributed by atoms with Crippen molar-refractivity contribution in [1.29, 1.82) is 0 Å². The summed E-state index contributed by atoms with van der Waals surface area (Å²) in [6.07, 6.45) is 0. The van der Waals surface area contributed by atoms with Crippen LogP contribution in [0.25, 0.3) is 0 Å². The zero-order valence-corrected chi connectivity index (χ0v) is 11.6.